The van der Waals surface area contributed by atoms with Crippen molar-refractivity contribution in [1.29, 1.82) is 0 Å². The monoisotopic (exact) mass is 243 g/mol. The van der Waals surface area contributed by atoms with Crippen molar-refractivity contribution in [2.24, 2.45) is 0 Å². The Kier molecular flexibility index (Phi) is 5.93. The van der Waals surface area contributed by atoms with Gasteiger partial charge in [-0.25, -0.2) is 4.79 Å². The van der Waals surface area contributed by atoms with Gasteiger partial charge in [0.05, 0.1) is 12.6 Å². The molecule has 98 valence electrons. The van der Waals surface area contributed by atoms with Crippen molar-refractivity contribution in [3.8, 4) is 0 Å². The van der Waals surface area contributed by atoms with Crippen molar-refractivity contribution in [3.05, 3.63) is 0 Å². The molecule has 1 aliphatic heterocycles. The molecule has 0 bridgehead atoms. The summed E-state index contributed by atoms with van der Waals surface area (Å²) in [7, 11) is 1.71. The minimum absolute atomic E-state index is 0.258. The van der Waals surface area contributed by atoms with Gasteiger partial charge in [-0.05, 0) is 19.8 Å². The predicted molar refractivity (Wildman–Crippen MR) is 63.7 cm³/mol. The third kappa shape index (κ3) is 5.14. The van der Waals surface area contributed by atoms with Gasteiger partial charge in [-0.2, -0.15) is 0 Å². The van der Waals surface area contributed by atoms with Gasteiger partial charge in [0.15, 0.2) is 0 Å². The van der Waals surface area contributed by atoms with Crippen LogP contribution in [0, 0.1) is 0 Å². The van der Waals surface area contributed by atoms with E-state index in [2.05, 4.69) is 10.6 Å². The Morgan fingerprint density at radius 1 is 1.35 bits per heavy atom. The molecular formula is C11H21N3O3. The number of imide groups is 1. The number of amides is 3. The van der Waals surface area contributed by atoms with Crippen LogP contribution < -0.4 is 10.6 Å². The average Bonchev–Trinajstić information content (AvgIpc) is 2.30. The first-order chi connectivity index (χ1) is 8.15. The third-order valence-electron chi connectivity index (χ3n) is 2.83. The highest BCUT2D eigenvalue weighted by molar-refractivity contribution is 5.95. The summed E-state index contributed by atoms with van der Waals surface area (Å²) in [6, 6.07) is -0.427. The molecule has 0 saturated carbocycles. The van der Waals surface area contributed by atoms with Gasteiger partial charge in [-0.15, -0.1) is 0 Å². The highest BCUT2D eigenvalue weighted by Crippen LogP contribution is 2.11. The molecule has 0 atom stereocenters. The molecule has 3 amide bonds. The quantitative estimate of drug-likeness (QED) is 0.726. The number of ether oxygens (including phenoxy) is 1. The lowest BCUT2D eigenvalue weighted by molar-refractivity contribution is -0.121. The zero-order valence-electron chi connectivity index (χ0n) is 10.5. The first kappa shape index (κ1) is 13.9. The number of carbonyl (C=O) groups excluding carboxylic acids is 2. The Bertz CT molecular complexity index is 263. The highest BCUT2D eigenvalue weighted by Gasteiger charge is 2.20. The van der Waals surface area contributed by atoms with Crippen molar-refractivity contribution < 1.29 is 14.3 Å². The van der Waals surface area contributed by atoms with Crippen molar-refractivity contribution in [2.75, 3.05) is 33.3 Å². The number of hydrogen-bond acceptors (Lipinski definition) is 4. The van der Waals surface area contributed by atoms with Crippen LogP contribution in [0.4, 0.5) is 4.79 Å². The molecule has 17 heavy (non-hydrogen) atoms. The van der Waals surface area contributed by atoms with Crippen LogP contribution in [0.3, 0.4) is 0 Å². The second kappa shape index (κ2) is 7.24. The van der Waals surface area contributed by atoms with Crippen LogP contribution in [-0.2, 0) is 9.53 Å². The number of hydrogen-bond donors (Lipinski definition) is 2. The summed E-state index contributed by atoms with van der Waals surface area (Å²) in [6.07, 6.45) is 2.17. The predicted octanol–water partition coefficient (Wildman–Crippen LogP) is -0.0571. The molecule has 1 rings (SSSR count). The molecule has 0 aromatic heterocycles. The van der Waals surface area contributed by atoms with E-state index in [1.807, 2.05) is 4.90 Å². The minimum atomic E-state index is -0.427. The van der Waals surface area contributed by atoms with Gasteiger partial charge in [0.25, 0.3) is 0 Å². The van der Waals surface area contributed by atoms with Crippen LogP contribution in [0.2, 0.25) is 0 Å². The normalized spacial score (nSPS) is 17.8. The van der Waals surface area contributed by atoms with E-state index in [4.69, 9.17) is 4.74 Å². The standard InChI is InChI=1S/C11H21N3O3/c1-3-12-11(16)13-10(15)8-14-6-4-9(17-2)5-7-14/h9H,3-8H2,1-2H3,(H2,12,13,15,16). The summed E-state index contributed by atoms with van der Waals surface area (Å²) in [5.41, 5.74) is 0. The zero-order valence-corrected chi connectivity index (χ0v) is 10.5. The Morgan fingerprint density at radius 2 is 2.00 bits per heavy atom. The van der Waals surface area contributed by atoms with E-state index in [-0.39, 0.29) is 12.5 Å². The molecule has 1 fully saturated rings. The van der Waals surface area contributed by atoms with Gasteiger partial charge >= 0.3 is 6.03 Å². The molecule has 2 N–H and O–H groups in total. The molecule has 1 saturated heterocycles. The van der Waals surface area contributed by atoms with Gasteiger partial charge in [0.2, 0.25) is 5.91 Å². The smallest absolute Gasteiger partial charge is 0.321 e. The summed E-state index contributed by atoms with van der Waals surface area (Å²) < 4.78 is 5.25. The lowest BCUT2D eigenvalue weighted by Gasteiger charge is -2.30. The number of likely N-dealkylation sites (tertiary alicyclic amines) is 1. The number of carbonyl (C=O) groups is 2. The van der Waals surface area contributed by atoms with Crippen LogP contribution >= 0.6 is 0 Å². The fourth-order valence-electron chi connectivity index (χ4n) is 1.88. The third-order valence-corrected chi connectivity index (χ3v) is 2.83. The highest BCUT2D eigenvalue weighted by atomic mass is 16.5. The number of urea groups is 1. The average molecular weight is 243 g/mol. The topological polar surface area (TPSA) is 70.7 Å². The molecule has 0 aromatic carbocycles. The van der Waals surface area contributed by atoms with Crippen LogP contribution in [0.25, 0.3) is 0 Å². The number of piperidine rings is 1. The first-order valence-electron chi connectivity index (χ1n) is 5.98. The summed E-state index contributed by atoms with van der Waals surface area (Å²) in [4.78, 5) is 24.6. The lowest BCUT2D eigenvalue weighted by Crippen LogP contribution is -2.46. The Balaban J connectivity index is 2.21. The van der Waals surface area contributed by atoms with Crippen molar-refractivity contribution in [2.45, 2.75) is 25.9 Å². The largest absolute Gasteiger partial charge is 0.381 e. The second-order valence-electron chi connectivity index (χ2n) is 4.12. The molecule has 6 heteroatoms. The Hall–Kier alpha value is -1.14. The van der Waals surface area contributed by atoms with Crippen LogP contribution in [0.1, 0.15) is 19.8 Å². The maximum Gasteiger partial charge on any atom is 0.321 e. The summed E-state index contributed by atoms with van der Waals surface area (Å²) in [5, 5.41) is 4.81. The van der Waals surface area contributed by atoms with Gasteiger partial charge in [0, 0.05) is 26.7 Å². The zero-order chi connectivity index (χ0) is 12.7. The van der Waals surface area contributed by atoms with Gasteiger partial charge in [-0.3, -0.25) is 15.0 Å². The number of nitrogens with one attached hydrogen (secondary N) is 2. The second-order valence-corrected chi connectivity index (χ2v) is 4.12. The molecule has 1 heterocycles. The fraction of sp³-hybridized carbons (Fsp3) is 0.818. The summed E-state index contributed by atoms with van der Waals surface area (Å²) in [6.45, 7) is 4.26. The van der Waals surface area contributed by atoms with Crippen LogP contribution in [0.5, 0.6) is 0 Å². The maximum absolute atomic E-state index is 11.5. The molecule has 6 nitrogen and oxygen atoms in total. The molecule has 0 radical (unpaired) electrons. The minimum Gasteiger partial charge on any atom is -0.381 e. The van der Waals surface area contributed by atoms with E-state index < -0.39 is 6.03 Å². The lowest BCUT2D eigenvalue weighted by atomic mass is 10.1. The van der Waals surface area contributed by atoms with Crippen molar-refractivity contribution in [3.63, 3.8) is 0 Å². The van der Waals surface area contributed by atoms with Crippen LogP contribution in [-0.4, -0.2) is 56.2 Å². The van der Waals surface area contributed by atoms with E-state index in [1.165, 1.54) is 0 Å². The SMILES string of the molecule is CCNC(=O)NC(=O)CN1CCC(OC)CC1. The summed E-state index contributed by atoms with van der Waals surface area (Å²) in [5.74, 6) is -0.258. The Labute approximate surface area is 102 Å². The fourth-order valence-corrected chi connectivity index (χ4v) is 1.88. The van der Waals surface area contributed by atoms with Crippen molar-refractivity contribution in [1.82, 2.24) is 15.5 Å². The molecule has 0 spiro atoms. The molecule has 0 aliphatic carbocycles. The molecule has 0 unspecified atom stereocenters. The number of nitrogens with zero attached hydrogens (tertiary/aromatic N) is 1. The van der Waals surface area contributed by atoms with Gasteiger partial charge in [0.1, 0.15) is 0 Å². The van der Waals surface area contributed by atoms with Crippen molar-refractivity contribution >= 4 is 11.9 Å². The first-order valence-corrected chi connectivity index (χ1v) is 5.98. The van der Waals surface area contributed by atoms with E-state index >= 15 is 0 Å². The van der Waals surface area contributed by atoms with E-state index in [9.17, 15) is 9.59 Å². The van der Waals surface area contributed by atoms with Gasteiger partial charge in [-0.1, -0.05) is 0 Å². The molecule has 1 aliphatic rings. The molecule has 0 aromatic rings. The Morgan fingerprint density at radius 3 is 2.53 bits per heavy atom. The van der Waals surface area contributed by atoms with E-state index in [0.717, 1.165) is 25.9 Å². The van der Waals surface area contributed by atoms with E-state index in [1.54, 1.807) is 14.0 Å². The van der Waals surface area contributed by atoms with E-state index in [0.29, 0.717) is 12.6 Å². The van der Waals surface area contributed by atoms with Crippen LogP contribution in [0.15, 0.2) is 0 Å². The molecular weight excluding hydrogens is 222 g/mol. The van der Waals surface area contributed by atoms with Gasteiger partial charge < -0.3 is 10.1 Å². The summed E-state index contributed by atoms with van der Waals surface area (Å²) >= 11 is 0. The number of methoxy groups -OCH3 is 1. The number of rotatable bonds is 4. The maximum atomic E-state index is 11.5.